The van der Waals surface area contributed by atoms with Crippen LogP contribution in [0.25, 0.3) is 11.1 Å². The van der Waals surface area contributed by atoms with Gasteiger partial charge in [0.15, 0.2) is 0 Å². The van der Waals surface area contributed by atoms with Gasteiger partial charge in [0.2, 0.25) is 0 Å². The summed E-state index contributed by atoms with van der Waals surface area (Å²) in [6, 6.07) is 7.78. The fourth-order valence-electron chi connectivity index (χ4n) is 2.07. The van der Waals surface area contributed by atoms with Gasteiger partial charge in [-0.2, -0.15) is 0 Å². The predicted molar refractivity (Wildman–Crippen MR) is 89.4 cm³/mol. The molecule has 0 aliphatic carbocycles. The molecule has 20 heavy (non-hydrogen) atoms. The lowest BCUT2D eigenvalue weighted by molar-refractivity contribution is 0.818. The van der Waals surface area contributed by atoms with E-state index in [0.717, 1.165) is 28.8 Å². The minimum Gasteiger partial charge on any atom is -0.316 e. The van der Waals surface area contributed by atoms with E-state index < -0.39 is 0 Å². The molecular formula is C15H13Cl4N. The molecule has 0 amide bonds. The molecular weight excluding hydrogens is 336 g/mol. The Morgan fingerprint density at radius 1 is 0.950 bits per heavy atom. The van der Waals surface area contributed by atoms with Crippen molar-refractivity contribution < 1.29 is 0 Å². The van der Waals surface area contributed by atoms with Crippen molar-refractivity contribution in [1.29, 1.82) is 0 Å². The molecule has 1 N–H and O–H groups in total. The van der Waals surface area contributed by atoms with Crippen LogP contribution < -0.4 is 5.32 Å². The van der Waals surface area contributed by atoms with E-state index in [1.54, 1.807) is 6.07 Å². The first-order chi connectivity index (χ1) is 9.45. The monoisotopic (exact) mass is 347 g/mol. The van der Waals surface area contributed by atoms with Crippen LogP contribution in [0.4, 0.5) is 0 Å². The van der Waals surface area contributed by atoms with Crippen molar-refractivity contribution in [3.8, 4) is 11.1 Å². The fourth-order valence-corrected chi connectivity index (χ4v) is 3.18. The molecule has 106 valence electrons. The lowest BCUT2D eigenvalue weighted by Gasteiger charge is -2.14. The average molecular weight is 349 g/mol. The number of hydrogen-bond donors (Lipinski definition) is 1. The highest BCUT2D eigenvalue weighted by molar-refractivity contribution is 6.51. The van der Waals surface area contributed by atoms with Gasteiger partial charge >= 0.3 is 0 Å². The first-order valence-electron chi connectivity index (χ1n) is 6.03. The van der Waals surface area contributed by atoms with Gasteiger partial charge in [-0.3, -0.25) is 0 Å². The zero-order valence-corrected chi connectivity index (χ0v) is 14.1. The predicted octanol–water partition coefficient (Wildman–Crippen LogP) is 6.00. The Hall–Kier alpha value is -0.440. The van der Waals surface area contributed by atoms with Gasteiger partial charge in [0.25, 0.3) is 0 Å². The fraction of sp³-hybridized carbons (Fsp3) is 0.200. The Kier molecular flexibility index (Phi) is 5.22. The van der Waals surface area contributed by atoms with Gasteiger partial charge in [-0.15, -0.1) is 0 Å². The average Bonchev–Trinajstić information content (AvgIpc) is 2.40. The normalized spacial score (nSPS) is 10.9. The molecule has 0 fully saturated rings. The molecule has 0 aromatic heterocycles. The van der Waals surface area contributed by atoms with E-state index in [1.807, 2.05) is 20.0 Å². The van der Waals surface area contributed by atoms with Crippen LogP contribution >= 0.6 is 46.4 Å². The third-order valence-electron chi connectivity index (χ3n) is 3.07. The summed E-state index contributed by atoms with van der Waals surface area (Å²) in [6.07, 6.45) is 0. The van der Waals surface area contributed by atoms with Gasteiger partial charge in [0, 0.05) is 12.1 Å². The largest absolute Gasteiger partial charge is 0.316 e. The Bertz CT molecular complexity index is 653. The summed E-state index contributed by atoms with van der Waals surface area (Å²) in [5.74, 6) is 0. The van der Waals surface area contributed by atoms with Crippen molar-refractivity contribution in [1.82, 2.24) is 5.32 Å². The number of hydrogen-bond acceptors (Lipinski definition) is 1. The van der Waals surface area contributed by atoms with Gasteiger partial charge in [-0.1, -0.05) is 58.5 Å². The Balaban J connectivity index is 2.68. The number of rotatable bonds is 3. The highest BCUT2D eigenvalue weighted by Gasteiger charge is 2.17. The molecule has 0 aliphatic rings. The quantitative estimate of drug-likeness (QED) is 0.530. The summed E-state index contributed by atoms with van der Waals surface area (Å²) in [4.78, 5) is 0. The molecule has 0 radical (unpaired) electrons. The minimum absolute atomic E-state index is 0.325. The molecule has 0 unspecified atom stereocenters. The molecule has 0 aliphatic heterocycles. The van der Waals surface area contributed by atoms with Crippen molar-refractivity contribution in [2.45, 2.75) is 13.5 Å². The number of halogens is 4. The minimum atomic E-state index is 0.325. The summed E-state index contributed by atoms with van der Waals surface area (Å²) in [6.45, 7) is 2.78. The molecule has 1 nitrogen and oxygen atoms in total. The zero-order valence-electron chi connectivity index (χ0n) is 11.0. The molecule has 0 spiro atoms. The Labute approximate surface area is 138 Å². The maximum absolute atomic E-state index is 6.32. The second kappa shape index (κ2) is 6.55. The molecule has 2 rings (SSSR count). The standard InChI is InChI=1S/C15H13Cl4N/c1-8-3-4-9(7-20-2)5-10(8)13-11(16)6-12(17)14(18)15(13)19/h3-6,20H,7H2,1-2H3. The number of benzene rings is 2. The molecule has 0 bridgehead atoms. The van der Waals surface area contributed by atoms with Gasteiger partial charge in [-0.25, -0.2) is 0 Å². The van der Waals surface area contributed by atoms with E-state index in [9.17, 15) is 0 Å². The van der Waals surface area contributed by atoms with E-state index >= 15 is 0 Å². The second-order valence-electron chi connectivity index (χ2n) is 4.52. The molecule has 0 saturated heterocycles. The molecule has 2 aromatic rings. The third-order valence-corrected chi connectivity index (χ3v) is 4.63. The van der Waals surface area contributed by atoms with Crippen molar-refractivity contribution in [3.05, 3.63) is 55.5 Å². The molecule has 0 atom stereocenters. The second-order valence-corrected chi connectivity index (χ2v) is 6.09. The molecule has 5 heteroatoms. The van der Waals surface area contributed by atoms with Gasteiger partial charge in [-0.05, 0) is 42.8 Å². The summed E-state index contributed by atoms with van der Waals surface area (Å²) in [5.41, 5.74) is 3.91. The van der Waals surface area contributed by atoms with Crippen LogP contribution in [0.5, 0.6) is 0 Å². The van der Waals surface area contributed by atoms with E-state index in [1.165, 1.54) is 0 Å². The first kappa shape index (κ1) is 15.9. The SMILES string of the molecule is CNCc1ccc(C)c(-c2c(Cl)cc(Cl)c(Cl)c2Cl)c1. The van der Waals surface area contributed by atoms with Crippen LogP contribution in [0.1, 0.15) is 11.1 Å². The van der Waals surface area contributed by atoms with Crippen LogP contribution in [-0.2, 0) is 6.54 Å². The summed E-state index contributed by atoms with van der Waals surface area (Å²) < 4.78 is 0. The third kappa shape index (κ3) is 3.08. The van der Waals surface area contributed by atoms with Crippen LogP contribution in [-0.4, -0.2) is 7.05 Å². The van der Waals surface area contributed by atoms with Crippen LogP contribution in [0.3, 0.4) is 0 Å². The number of nitrogens with one attached hydrogen (secondary N) is 1. The van der Waals surface area contributed by atoms with Crippen LogP contribution in [0.15, 0.2) is 24.3 Å². The molecule has 0 saturated carbocycles. The maximum Gasteiger partial charge on any atom is 0.0785 e. The highest BCUT2D eigenvalue weighted by Crippen LogP contribution is 2.44. The highest BCUT2D eigenvalue weighted by atomic mass is 35.5. The van der Waals surface area contributed by atoms with Gasteiger partial charge < -0.3 is 5.32 Å². The van der Waals surface area contributed by atoms with E-state index in [2.05, 4.69) is 17.4 Å². The van der Waals surface area contributed by atoms with Crippen molar-refractivity contribution >= 4 is 46.4 Å². The van der Waals surface area contributed by atoms with E-state index in [4.69, 9.17) is 46.4 Å². The zero-order chi connectivity index (χ0) is 14.9. The van der Waals surface area contributed by atoms with Crippen molar-refractivity contribution in [2.75, 3.05) is 7.05 Å². The lowest BCUT2D eigenvalue weighted by atomic mass is 9.98. The lowest BCUT2D eigenvalue weighted by Crippen LogP contribution is -2.05. The summed E-state index contributed by atoms with van der Waals surface area (Å²) in [7, 11) is 1.90. The number of aryl methyl sites for hydroxylation is 1. The Morgan fingerprint density at radius 3 is 2.30 bits per heavy atom. The van der Waals surface area contributed by atoms with Crippen LogP contribution in [0, 0.1) is 6.92 Å². The summed E-state index contributed by atoms with van der Waals surface area (Å²) in [5, 5.41) is 4.68. The van der Waals surface area contributed by atoms with Crippen molar-refractivity contribution in [2.24, 2.45) is 0 Å². The first-order valence-corrected chi connectivity index (χ1v) is 7.54. The van der Waals surface area contributed by atoms with Gasteiger partial charge in [0.05, 0.1) is 20.1 Å². The molecule has 2 aromatic carbocycles. The van der Waals surface area contributed by atoms with Crippen molar-refractivity contribution in [3.63, 3.8) is 0 Å². The topological polar surface area (TPSA) is 12.0 Å². The van der Waals surface area contributed by atoms with E-state index in [0.29, 0.717) is 20.1 Å². The van der Waals surface area contributed by atoms with Gasteiger partial charge in [0.1, 0.15) is 0 Å². The molecule has 0 heterocycles. The van der Waals surface area contributed by atoms with Crippen LogP contribution in [0.2, 0.25) is 20.1 Å². The maximum atomic E-state index is 6.32. The van der Waals surface area contributed by atoms with E-state index in [-0.39, 0.29) is 0 Å². The smallest absolute Gasteiger partial charge is 0.0785 e. The Morgan fingerprint density at radius 2 is 1.65 bits per heavy atom. The summed E-state index contributed by atoms with van der Waals surface area (Å²) >= 11 is 24.7.